The SMILES string of the molecule is CN1C2CCCC1CC(C(=O)CCc1ccccn1)C2. The van der Waals surface area contributed by atoms with Gasteiger partial charge in [0.15, 0.2) is 0 Å². The second kappa shape index (κ2) is 6.04. The van der Waals surface area contributed by atoms with Crippen LogP contribution in [0.2, 0.25) is 0 Å². The summed E-state index contributed by atoms with van der Waals surface area (Å²) in [7, 11) is 2.24. The highest BCUT2D eigenvalue weighted by Crippen LogP contribution is 2.36. The van der Waals surface area contributed by atoms with E-state index in [2.05, 4.69) is 16.9 Å². The van der Waals surface area contributed by atoms with Crippen molar-refractivity contribution in [2.24, 2.45) is 5.92 Å². The van der Waals surface area contributed by atoms with Gasteiger partial charge in [-0.05, 0) is 51.3 Å². The van der Waals surface area contributed by atoms with Gasteiger partial charge in [0.1, 0.15) is 5.78 Å². The number of rotatable bonds is 4. The maximum atomic E-state index is 12.5. The maximum Gasteiger partial charge on any atom is 0.136 e. The Morgan fingerprint density at radius 2 is 2.05 bits per heavy atom. The van der Waals surface area contributed by atoms with Crippen LogP contribution in [0.15, 0.2) is 24.4 Å². The van der Waals surface area contributed by atoms with Crippen molar-refractivity contribution in [1.82, 2.24) is 9.88 Å². The largest absolute Gasteiger partial charge is 0.300 e. The first-order chi connectivity index (χ1) is 9.74. The molecule has 1 aromatic heterocycles. The fourth-order valence-electron chi connectivity index (χ4n) is 3.88. The zero-order valence-electron chi connectivity index (χ0n) is 12.3. The summed E-state index contributed by atoms with van der Waals surface area (Å²) in [5.74, 6) is 0.755. The van der Waals surface area contributed by atoms with E-state index >= 15 is 0 Å². The minimum absolute atomic E-state index is 0.296. The molecule has 2 fully saturated rings. The van der Waals surface area contributed by atoms with Crippen LogP contribution < -0.4 is 0 Å². The Hall–Kier alpha value is -1.22. The summed E-state index contributed by atoms with van der Waals surface area (Å²) in [6, 6.07) is 7.21. The lowest BCUT2D eigenvalue weighted by Gasteiger charge is -2.46. The number of nitrogens with zero attached hydrogens (tertiary/aromatic N) is 2. The van der Waals surface area contributed by atoms with E-state index in [9.17, 15) is 4.79 Å². The van der Waals surface area contributed by atoms with Gasteiger partial charge < -0.3 is 4.90 Å². The Labute approximate surface area is 121 Å². The molecule has 2 unspecified atom stereocenters. The van der Waals surface area contributed by atoms with Crippen molar-refractivity contribution in [2.75, 3.05) is 7.05 Å². The zero-order valence-corrected chi connectivity index (χ0v) is 12.3. The lowest BCUT2D eigenvalue weighted by molar-refractivity contribution is -0.126. The van der Waals surface area contributed by atoms with Gasteiger partial charge in [0.25, 0.3) is 0 Å². The number of hydrogen-bond acceptors (Lipinski definition) is 3. The smallest absolute Gasteiger partial charge is 0.136 e. The van der Waals surface area contributed by atoms with Crippen LogP contribution in [0.4, 0.5) is 0 Å². The van der Waals surface area contributed by atoms with Crippen LogP contribution in [0.5, 0.6) is 0 Å². The summed E-state index contributed by atoms with van der Waals surface area (Å²) in [6.45, 7) is 0. The number of ketones is 1. The van der Waals surface area contributed by atoms with E-state index < -0.39 is 0 Å². The molecule has 2 aliphatic heterocycles. The van der Waals surface area contributed by atoms with Gasteiger partial charge in [-0.25, -0.2) is 0 Å². The van der Waals surface area contributed by atoms with Gasteiger partial charge in [-0.2, -0.15) is 0 Å². The molecule has 3 heterocycles. The van der Waals surface area contributed by atoms with Gasteiger partial charge in [0.05, 0.1) is 0 Å². The van der Waals surface area contributed by atoms with Gasteiger partial charge in [0, 0.05) is 36.3 Å². The number of pyridine rings is 1. The predicted octanol–water partition coefficient (Wildman–Crippen LogP) is 2.85. The Morgan fingerprint density at radius 1 is 1.30 bits per heavy atom. The highest BCUT2D eigenvalue weighted by molar-refractivity contribution is 5.81. The van der Waals surface area contributed by atoms with E-state index in [-0.39, 0.29) is 0 Å². The molecule has 108 valence electrons. The van der Waals surface area contributed by atoms with Crippen LogP contribution in [0.3, 0.4) is 0 Å². The van der Waals surface area contributed by atoms with Crippen molar-refractivity contribution >= 4 is 5.78 Å². The molecule has 0 aromatic carbocycles. The molecule has 0 aliphatic carbocycles. The molecule has 2 saturated heterocycles. The Kier molecular flexibility index (Phi) is 4.16. The molecule has 0 N–H and O–H groups in total. The topological polar surface area (TPSA) is 33.2 Å². The molecule has 20 heavy (non-hydrogen) atoms. The third kappa shape index (κ3) is 2.93. The molecule has 1 aromatic rings. The third-order valence-corrected chi connectivity index (χ3v) is 5.15. The summed E-state index contributed by atoms with van der Waals surface area (Å²) < 4.78 is 0. The van der Waals surface area contributed by atoms with Crippen molar-refractivity contribution < 1.29 is 4.79 Å². The molecule has 3 heteroatoms. The molecule has 0 spiro atoms. The normalized spacial score (nSPS) is 30.1. The van der Waals surface area contributed by atoms with Gasteiger partial charge >= 0.3 is 0 Å². The monoisotopic (exact) mass is 272 g/mol. The van der Waals surface area contributed by atoms with Crippen LogP contribution in [0.1, 0.15) is 44.2 Å². The van der Waals surface area contributed by atoms with Crippen LogP contribution in [0.25, 0.3) is 0 Å². The molecule has 3 rings (SSSR count). The standard InChI is InChI=1S/C17H24N2O/c1-19-15-6-4-7-16(19)12-13(11-15)17(20)9-8-14-5-2-3-10-18-14/h2-3,5,10,13,15-16H,4,6-9,11-12H2,1H3. The van der Waals surface area contributed by atoms with Gasteiger partial charge in [-0.3, -0.25) is 9.78 Å². The number of carbonyl (C=O) groups excluding carboxylic acids is 1. The average molecular weight is 272 g/mol. The van der Waals surface area contributed by atoms with Crippen LogP contribution in [0, 0.1) is 5.92 Å². The molecule has 0 saturated carbocycles. The second-order valence-corrected chi connectivity index (χ2v) is 6.36. The summed E-state index contributed by atoms with van der Waals surface area (Å²) in [6.07, 6.45) is 9.30. The lowest BCUT2D eigenvalue weighted by atomic mass is 9.76. The minimum atomic E-state index is 0.296. The molecule has 2 bridgehead atoms. The molecular weight excluding hydrogens is 248 g/mol. The Bertz CT molecular complexity index is 445. The highest BCUT2D eigenvalue weighted by atomic mass is 16.1. The van der Waals surface area contributed by atoms with E-state index in [1.54, 1.807) is 6.20 Å². The van der Waals surface area contributed by atoms with Crippen molar-refractivity contribution in [3.05, 3.63) is 30.1 Å². The fourth-order valence-corrected chi connectivity index (χ4v) is 3.88. The third-order valence-electron chi connectivity index (χ3n) is 5.15. The van der Waals surface area contributed by atoms with Gasteiger partial charge in [0.2, 0.25) is 0 Å². The molecule has 2 aliphatic rings. The Morgan fingerprint density at radius 3 is 2.70 bits per heavy atom. The van der Waals surface area contributed by atoms with Crippen molar-refractivity contribution in [3.63, 3.8) is 0 Å². The van der Waals surface area contributed by atoms with Crippen LogP contribution >= 0.6 is 0 Å². The van der Waals surface area contributed by atoms with Crippen molar-refractivity contribution in [3.8, 4) is 0 Å². The van der Waals surface area contributed by atoms with E-state index in [0.717, 1.165) is 25.0 Å². The molecule has 2 atom stereocenters. The molecule has 3 nitrogen and oxygen atoms in total. The number of carbonyl (C=O) groups is 1. The van der Waals surface area contributed by atoms with Crippen LogP contribution in [-0.4, -0.2) is 34.8 Å². The maximum absolute atomic E-state index is 12.5. The number of hydrogen-bond donors (Lipinski definition) is 0. The van der Waals surface area contributed by atoms with Crippen molar-refractivity contribution in [2.45, 2.75) is 57.0 Å². The number of aromatic nitrogens is 1. The van der Waals surface area contributed by atoms with Gasteiger partial charge in [-0.15, -0.1) is 0 Å². The predicted molar refractivity (Wildman–Crippen MR) is 79.5 cm³/mol. The van der Waals surface area contributed by atoms with E-state index in [0.29, 0.717) is 30.2 Å². The minimum Gasteiger partial charge on any atom is -0.300 e. The number of Topliss-reactive ketones (excluding diaryl/α,β-unsaturated/α-hetero) is 1. The van der Waals surface area contributed by atoms with E-state index in [1.165, 1.54) is 19.3 Å². The number of fused-ring (bicyclic) bond motifs is 2. The Balaban J connectivity index is 1.55. The second-order valence-electron chi connectivity index (χ2n) is 6.36. The van der Waals surface area contributed by atoms with E-state index in [4.69, 9.17) is 0 Å². The zero-order chi connectivity index (χ0) is 13.9. The molecular formula is C17H24N2O. The van der Waals surface area contributed by atoms with E-state index in [1.807, 2.05) is 18.2 Å². The van der Waals surface area contributed by atoms with Crippen LogP contribution in [-0.2, 0) is 11.2 Å². The fraction of sp³-hybridized carbons (Fsp3) is 0.647. The summed E-state index contributed by atoms with van der Waals surface area (Å²) in [5.41, 5.74) is 1.04. The number of aryl methyl sites for hydroxylation is 1. The first kappa shape index (κ1) is 13.7. The summed E-state index contributed by atoms with van der Waals surface area (Å²) >= 11 is 0. The first-order valence-electron chi connectivity index (χ1n) is 7.88. The summed E-state index contributed by atoms with van der Waals surface area (Å²) in [5, 5.41) is 0. The quantitative estimate of drug-likeness (QED) is 0.845. The first-order valence-corrected chi connectivity index (χ1v) is 7.88. The van der Waals surface area contributed by atoms with Crippen molar-refractivity contribution in [1.29, 1.82) is 0 Å². The summed E-state index contributed by atoms with van der Waals surface area (Å²) in [4.78, 5) is 19.3. The highest BCUT2D eigenvalue weighted by Gasteiger charge is 2.38. The lowest BCUT2D eigenvalue weighted by Crippen LogP contribution is -2.51. The number of piperidine rings is 2. The average Bonchev–Trinajstić information content (AvgIpc) is 2.45. The molecule has 0 radical (unpaired) electrons. The molecule has 0 amide bonds. The van der Waals surface area contributed by atoms with Gasteiger partial charge in [-0.1, -0.05) is 12.5 Å².